The molecule has 4 heteroatoms. The lowest BCUT2D eigenvalue weighted by Gasteiger charge is -2.04. The summed E-state index contributed by atoms with van der Waals surface area (Å²) in [7, 11) is 3.11. The molecule has 0 aliphatic rings. The van der Waals surface area contributed by atoms with Crippen molar-refractivity contribution < 1.29 is 13.9 Å². The fourth-order valence-corrected chi connectivity index (χ4v) is 3.24. The molecule has 0 amide bonds. The largest absolute Gasteiger partial charge is 0.497 e. The Balaban J connectivity index is 1.94. The number of halogens is 1. The standard InChI is InChI=1S/C18H15FO2S/c1-20-14-5-3-4-12(10-14)17-8-9-18(22-17)13-6-7-16(21-2)15(19)11-13/h3-11H,1-2H3. The van der Waals surface area contributed by atoms with Gasteiger partial charge < -0.3 is 9.47 Å². The van der Waals surface area contributed by atoms with E-state index < -0.39 is 0 Å². The van der Waals surface area contributed by atoms with Crippen LogP contribution in [-0.2, 0) is 0 Å². The molecule has 0 aliphatic carbocycles. The van der Waals surface area contributed by atoms with E-state index >= 15 is 0 Å². The van der Waals surface area contributed by atoms with E-state index in [0.717, 1.165) is 26.6 Å². The van der Waals surface area contributed by atoms with Crippen LogP contribution in [0.15, 0.2) is 54.6 Å². The first-order valence-corrected chi connectivity index (χ1v) is 7.61. The van der Waals surface area contributed by atoms with Crippen molar-refractivity contribution in [3.63, 3.8) is 0 Å². The Kier molecular flexibility index (Phi) is 4.11. The lowest BCUT2D eigenvalue weighted by Crippen LogP contribution is -1.87. The molecule has 0 N–H and O–H groups in total. The first kappa shape index (κ1) is 14.6. The monoisotopic (exact) mass is 314 g/mol. The molecule has 0 aliphatic heterocycles. The van der Waals surface area contributed by atoms with Crippen LogP contribution < -0.4 is 9.47 Å². The van der Waals surface area contributed by atoms with Crippen molar-refractivity contribution >= 4 is 11.3 Å². The molecule has 3 rings (SSSR count). The van der Waals surface area contributed by atoms with Crippen molar-refractivity contribution in [2.75, 3.05) is 14.2 Å². The summed E-state index contributed by atoms with van der Waals surface area (Å²) in [4.78, 5) is 2.13. The van der Waals surface area contributed by atoms with E-state index in [1.54, 1.807) is 24.5 Å². The molecule has 0 atom stereocenters. The second-order valence-electron chi connectivity index (χ2n) is 4.75. The summed E-state index contributed by atoms with van der Waals surface area (Å²) >= 11 is 1.62. The van der Waals surface area contributed by atoms with E-state index in [-0.39, 0.29) is 11.6 Å². The molecule has 22 heavy (non-hydrogen) atoms. The number of ether oxygens (including phenoxy) is 2. The number of rotatable bonds is 4. The maximum Gasteiger partial charge on any atom is 0.165 e. The van der Waals surface area contributed by atoms with Gasteiger partial charge in [-0.15, -0.1) is 11.3 Å². The Morgan fingerprint density at radius 1 is 0.818 bits per heavy atom. The second kappa shape index (κ2) is 6.20. The van der Waals surface area contributed by atoms with Gasteiger partial charge in [0.25, 0.3) is 0 Å². The van der Waals surface area contributed by atoms with Crippen LogP contribution in [0.1, 0.15) is 0 Å². The number of hydrogen-bond donors (Lipinski definition) is 0. The number of hydrogen-bond acceptors (Lipinski definition) is 3. The van der Waals surface area contributed by atoms with Crippen LogP contribution in [0.5, 0.6) is 11.5 Å². The van der Waals surface area contributed by atoms with E-state index in [1.807, 2.05) is 42.5 Å². The fourth-order valence-electron chi connectivity index (χ4n) is 2.24. The van der Waals surface area contributed by atoms with Gasteiger partial charge in [-0.2, -0.15) is 0 Å². The molecule has 0 unspecified atom stereocenters. The first-order valence-electron chi connectivity index (χ1n) is 6.79. The maximum atomic E-state index is 13.8. The summed E-state index contributed by atoms with van der Waals surface area (Å²) < 4.78 is 24.0. The fraction of sp³-hybridized carbons (Fsp3) is 0.111. The van der Waals surface area contributed by atoms with Crippen molar-refractivity contribution in [3.05, 3.63) is 60.4 Å². The second-order valence-corrected chi connectivity index (χ2v) is 5.83. The molecule has 112 valence electrons. The van der Waals surface area contributed by atoms with E-state index in [4.69, 9.17) is 9.47 Å². The minimum Gasteiger partial charge on any atom is -0.497 e. The van der Waals surface area contributed by atoms with Crippen LogP contribution >= 0.6 is 11.3 Å². The highest BCUT2D eigenvalue weighted by Crippen LogP contribution is 2.36. The SMILES string of the molecule is COc1cccc(-c2ccc(-c3ccc(OC)c(F)c3)s2)c1. The predicted molar refractivity (Wildman–Crippen MR) is 88.3 cm³/mol. The highest BCUT2D eigenvalue weighted by molar-refractivity contribution is 7.18. The third-order valence-corrected chi connectivity index (χ3v) is 4.58. The molecular weight excluding hydrogens is 299 g/mol. The lowest BCUT2D eigenvalue weighted by molar-refractivity contribution is 0.386. The summed E-state index contributed by atoms with van der Waals surface area (Å²) in [5.41, 5.74) is 1.93. The third-order valence-electron chi connectivity index (χ3n) is 3.40. The lowest BCUT2D eigenvalue weighted by atomic mass is 10.1. The summed E-state index contributed by atoms with van der Waals surface area (Å²) in [6.07, 6.45) is 0. The van der Waals surface area contributed by atoms with Crippen LogP contribution in [0.25, 0.3) is 20.9 Å². The number of benzene rings is 2. The molecule has 0 radical (unpaired) electrons. The molecule has 1 aromatic heterocycles. The van der Waals surface area contributed by atoms with E-state index in [2.05, 4.69) is 0 Å². The summed E-state index contributed by atoms with van der Waals surface area (Å²) in [6.45, 7) is 0. The topological polar surface area (TPSA) is 18.5 Å². The van der Waals surface area contributed by atoms with Gasteiger partial charge in [-0.3, -0.25) is 0 Å². The van der Waals surface area contributed by atoms with Crippen molar-refractivity contribution in [2.24, 2.45) is 0 Å². The van der Waals surface area contributed by atoms with Crippen LogP contribution in [-0.4, -0.2) is 14.2 Å². The molecule has 2 aromatic carbocycles. The van der Waals surface area contributed by atoms with Crippen molar-refractivity contribution in [2.45, 2.75) is 0 Å². The molecule has 0 fully saturated rings. The zero-order valence-electron chi connectivity index (χ0n) is 12.3. The molecule has 0 saturated heterocycles. The minimum absolute atomic E-state index is 0.258. The van der Waals surface area contributed by atoms with Crippen molar-refractivity contribution in [1.82, 2.24) is 0 Å². The molecular formula is C18H15FO2S. The first-order chi connectivity index (χ1) is 10.7. The zero-order chi connectivity index (χ0) is 15.5. The van der Waals surface area contributed by atoms with Gasteiger partial charge in [0.05, 0.1) is 14.2 Å². The smallest absolute Gasteiger partial charge is 0.165 e. The Morgan fingerprint density at radius 3 is 2.18 bits per heavy atom. The summed E-state index contributed by atoms with van der Waals surface area (Å²) in [5.74, 6) is 0.729. The average molecular weight is 314 g/mol. The zero-order valence-corrected chi connectivity index (χ0v) is 13.1. The van der Waals surface area contributed by atoms with Gasteiger partial charge in [0.2, 0.25) is 0 Å². The van der Waals surface area contributed by atoms with Gasteiger partial charge in [-0.1, -0.05) is 12.1 Å². The van der Waals surface area contributed by atoms with E-state index in [0.29, 0.717) is 0 Å². The van der Waals surface area contributed by atoms with Gasteiger partial charge in [0.15, 0.2) is 11.6 Å². The Bertz CT molecular complexity index is 795. The summed E-state index contributed by atoms with van der Waals surface area (Å²) in [5, 5.41) is 0. The van der Waals surface area contributed by atoms with Crippen LogP contribution in [0.3, 0.4) is 0 Å². The van der Waals surface area contributed by atoms with Crippen molar-refractivity contribution in [1.29, 1.82) is 0 Å². The predicted octanol–water partition coefficient (Wildman–Crippen LogP) is 5.24. The number of methoxy groups -OCH3 is 2. The normalized spacial score (nSPS) is 10.5. The third kappa shape index (κ3) is 2.83. The molecule has 0 spiro atoms. The van der Waals surface area contributed by atoms with Gasteiger partial charge in [-0.05, 0) is 53.6 Å². The Hall–Kier alpha value is -2.33. The van der Waals surface area contributed by atoms with Crippen molar-refractivity contribution in [3.8, 4) is 32.4 Å². The number of thiophene rings is 1. The average Bonchev–Trinajstić information content (AvgIpc) is 3.05. The van der Waals surface area contributed by atoms with E-state index in [1.165, 1.54) is 13.2 Å². The maximum absolute atomic E-state index is 13.8. The highest BCUT2D eigenvalue weighted by atomic mass is 32.1. The molecule has 1 heterocycles. The van der Waals surface area contributed by atoms with Gasteiger partial charge in [0.1, 0.15) is 5.75 Å². The van der Waals surface area contributed by atoms with Gasteiger partial charge in [0, 0.05) is 9.75 Å². The Morgan fingerprint density at radius 2 is 1.55 bits per heavy atom. The van der Waals surface area contributed by atoms with E-state index in [9.17, 15) is 4.39 Å². The van der Waals surface area contributed by atoms with Crippen LogP contribution in [0.4, 0.5) is 4.39 Å². The molecule has 0 bridgehead atoms. The Labute approximate surface area is 132 Å². The van der Waals surface area contributed by atoms with Gasteiger partial charge >= 0.3 is 0 Å². The summed E-state index contributed by atoms with van der Waals surface area (Å²) in [6, 6.07) is 16.9. The van der Waals surface area contributed by atoms with Gasteiger partial charge in [-0.25, -0.2) is 4.39 Å². The molecule has 2 nitrogen and oxygen atoms in total. The molecule has 3 aromatic rings. The highest BCUT2D eigenvalue weighted by Gasteiger charge is 2.09. The van der Waals surface area contributed by atoms with Crippen LogP contribution in [0.2, 0.25) is 0 Å². The molecule has 0 saturated carbocycles. The quantitative estimate of drug-likeness (QED) is 0.656. The minimum atomic E-state index is -0.351. The van der Waals surface area contributed by atoms with Crippen LogP contribution in [0, 0.1) is 5.82 Å².